The van der Waals surface area contributed by atoms with E-state index >= 15 is 0 Å². The predicted molar refractivity (Wildman–Crippen MR) is 70.9 cm³/mol. The summed E-state index contributed by atoms with van der Waals surface area (Å²) < 4.78 is 0. The van der Waals surface area contributed by atoms with Crippen LogP contribution in [0, 0.1) is 5.92 Å². The molecule has 1 N–H and O–H groups in total. The first-order valence-electron chi connectivity index (χ1n) is 6.92. The molecule has 2 aliphatic heterocycles. The van der Waals surface area contributed by atoms with Gasteiger partial charge in [-0.15, -0.1) is 0 Å². The third-order valence-corrected chi connectivity index (χ3v) is 4.25. The highest BCUT2D eigenvalue weighted by atomic mass is 16.4. The summed E-state index contributed by atoms with van der Waals surface area (Å²) >= 11 is 0. The van der Waals surface area contributed by atoms with Crippen molar-refractivity contribution in [2.75, 3.05) is 46.3 Å². The topological polar surface area (TPSA) is 64.1 Å². The fraction of sp³-hybridized carbons (Fsp3) is 0.846. The second kappa shape index (κ2) is 5.88. The monoisotopic (exact) mass is 269 g/mol. The molecule has 19 heavy (non-hydrogen) atoms. The second-order valence-corrected chi connectivity index (χ2v) is 5.70. The first kappa shape index (κ1) is 14.3. The Bertz CT molecular complexity index is 353. The van der Waals surface area contributed by atoms with Crippen molar-refractivity contribution < 1.29 is 14.7 Å². The summed E-state index contributed by atoms with van der Waals surface area (Å²) in [5, 5.41) is 9.24. The molecule has 2 heterocycles. The minimum Gasteiger partial charge on any atom is -0.480 e. The number of hydrogen-bond donors (Lipinski definition) is 1. The van der Waals surface area contributed by atoms with Crippen LogP contribution in [0.25, 0.3) is 0 Å². The number of carboxylic acids is 1. The van der Waals surface area contributed by atoms with E-state index in [2.05, 4.69) is 4.90 Å². The van der Waals surface area contributed by atoms with Gasteiger partial charge in [-0.05, 0) is 25.9 Å². The molecule has 2 aliphatic rings. The Kier molecular flexibility index (Phi) is 4.42. The van der Waals surface area contributed by atoms with Crippen molar-refractivity contribution in [1.82, 2.24) is 14.7 Å². The molecule has 2 rings (SSSR count). The van der Waals surface area contributed by atoms with Gasteiger partial charge < -0.3 is 14.9 Å². The molecule has 0 spiro atoms. The van der Waals surface area contributed by atoms with Crippen LogP contribution in [0.3, 0.4) is 0 Å². The quantitative estimate of drug-likeness (QED) is 0.752. The van der Waals surface area contributed by atoms with Gasteiger partial charge in [0.2, 0.25) is 5.91 Å². The summed E-state index contributed by atoms with van der Waals surface area (Å²) in [4.78, 5) is 29.3. The van der Waals surface area contributed by atoms with E-state index in [9.17, 15) is 14.7 Å². The molecular formula is C13H23N3O3. The molecule has 0 aromatic heterocycles. The van der Waals surface area contributed by atoms with Gasteiger partial charge in [0.15, 0.2) is 0 Å². The molecule has 2 saturated heterocycles. The minimum absolute atomic E-state index is 0.0634. The third-order valence-electron chi connectivity index (χ3n) is 4.25. The Morgan fingerprint density at radius 2 is 1.79 bits per heavy atom. The largest absolute Gasteiger partial charge is 0.480 e. The van der Waals surface area contributed by atoms with Gasteiger partial charge in [-0.1, -0.05) is 6.92 Å². The number of aliphatic carboxylic acids is 1. The van der Waals surface area contributed by atoms with E-state index in [1.165, 1.54) is 0 Å². The zero-order valence-corrected chi connectivity index (χ0v) is 11.7. The van der Waals surface area contributed by atoms with E-state index in [0.717, 1.165) is 32.6 Å². The molecule has 0 aliphatic carbocycles. The van der Waals surface area contributed by atoms with Crippen LogP contribution in [-0.4, -0.2) is 84.0 Å². The summed E-state index contributed by atoms with van der Waals surface area (Å²) in [5.41, 5.74) is 0. The normalized spacial score (nSPS) is 29.7. The molecule has 0 radical (unpaired) electrons. The van der Waals surface area contributed by atoms with Gasteiger partial charge in [0.05, 0.1) is 6.54 Å². The average Bonchev–Trinajstić information content (AvgIpc) is 2.71. The summed E-state index contributed by atoms with van der Waals surface area (Å²) in [5.74, 6) is -0.623. The van der Waals surface area contributed by atoms with E-state index in [1.54, 1.807) is 0 Å². The number of nitrogens with zero attached hydrogens (tertiary/aromatic N) is 3. The number of carboxylic acid groups (broad SMARTS) is 1. The van der Waals surface area contributed by atoms with E-state index < -0.39 is 12.0 Å². The van der Waals surface area contributed by atoms with Gasteiger partial charge in [-0.3, -0.25) is 14.5 Å². The van der Waals surface area contributed by atoms with Crippen LogP contribution in [0.5, 0.6) is 0 Å². The number of piperazine rings is 1. The van der Waals surface area contributed by atoms with E-state index in [0.29, 0.717) is 6.54 Å². The summed E-state index contributed by atoms with van der Waals surface area (Å²) in [6.07, 6.45) is 0.854. The highest BCUT2D eigenvalue weighted by Gasteiger charge is 2.38. The second-order valence-electron chi connectivity index (χ2n) is 5.70. The van der Waals surface area contributed by atoms with Gasteiger partial charge in [0, 0.05) is 26.2 Å². The molecule has 6 heteroatoms. The zero-order chi connectivity index (χ0) is 14.0. The fourth-order valence-electron chi connectivity index (χ4n) is 2.93. The van der Waals surface area contributed by atoms with Crippen molar-refractivity contribution in [1.29, 1.82) is 0 Å². The highest BCUT2D eigenvalue weighted by Crippen LogP contribution is 2.23. The highest BCUT2D eigenvalue weighted by molar-refractivity contribution is 5.80. The lowest BCUT2D eigenvalue weighted by atomic mass is 10.0. The van der Waals surface area contributed by atoms with Gasteiger partial charge in [0.1, 0.15) is 6.04 Å². The third kappa shape index (κ3) is 3.25. The molecule has 0 bridgehead atoms. The molecule has 0 aromatic carbocycles. The standard InChI is InChI=1S/C13H23N3O3/c1-10-3-4-16(12(10)13(18)19)9-11(17)15-7-5-14(2)6-8-15/h10,12H,3-9H2,1-2H3,(H,18,19). The number of rotatable bonds is 3. The van der Waals surface area contributed by atoms with E-state index in [4.69, 9.17) is 0 Å². The summed E-state index contributed by atoms with van der Waals surface area (Å²) in [7, 11) is 2.05. The maximum atomic E-state index is 12.2. The van der Waals surface area contributed by atoms with Crippen LogP contribution in [0.15, 0.2) is 0 Å². The van der Waals surface area contributed by atoms with Crippen LogP contribution >= 0.6 is 0 Å². The number of likely N-dealkylation sites (tertiary alicyclic amines) is 1. The Labute approximate surface area is 114 Å². The number of likely N-dealkylation sites (N-methyl/N-ethyl adjacent to an activating group) is 1. The van der Waals surface area contributed by atoms with E-state index in [-0.39, 0.29) is 18.4 Å². The fourth-order valence-corrected chi connectivity index (χ4v) is 2.93. The smallest absolute Gasteiger partial charge is 0.321 e. The van der Waals surface area contributed by atoms with Crippen molar-refractivity contribution in [2.45, 2.75) is 19.4 Å². The van der Waals surface area contributed by atoms with Crippen molar-refractivity contribution in [3.63, 3.8) is 0 Å². The van der Waals surface area contributed by atoms with Crippen LogP contribution in [0.4, 0.5) is 0 Å². The molecule has 108 valence electrons. The Hall–Kier alpha value is -1.14. The molecular weight excluding hydrogens is 246 g/mol. The Morgan fingerprint density at radius 3 is 2.37 bits per heavy atom. The maximum Gasteiger partial charge on any atom is 0.321 e. The number of carbonyl (C=O) groups excluding carboxylic acids is 1. The van der Waals surface area contributed by atoms with Gasteiger partial charge in [0.25, 0.3) is 0 Å². The van der Waals surface area contributed by atoms with Gasteiger partial charge in [-0.2, -0.15) is 0 Å². The van der Waals surface area contributed by atoms with Gasteiger partial charge in [-0.25, -0.2) is 0 Å². The van der Waals surface area contributed by atoms with Crippen molar-refractivity contribution in [3.8, 4) is 0 Å². The first-order chi connectivity index (χ1) is 8.99. The summed E-state index contributed by atoms with van der Waals surface area (Å²) in [6.45, 7) is 6.17. The van der Waals surface area contributed by atoms with Gasteiger partial charge >= 0.3 is 5.97 Å². The molecule has 2 unspecified atom stereocenters. The van der Waals surface area contributed by atoms with E-state index in [1.807, 2.05) is 23.8 Å². The lowest BCUT2D eigenvalue weighted by molar-refractivity contribution is -0.144. The maximum absolute atomic E-state index is 12.2. The summed E-state index contributed by atoms with van der Waals surface area (Å²) in [6, 6.07) is -0.503. The molecule has 2 fully saturated rings. The van der Waals surface area contributed by atoms with Crippen molar-refractivity contribution >= 4 is 11.9 Å². The minimum atomic E-state index is -0.809. The molecule has 2 atom stereocenters. The molecule has 6 nitrogen and oxygen atoms in total. The zero-order valence-electron chi connectivity index (χ0n) is 11.7. The lowest BCUT2D eigenvalue weighted by Crippen LogP contribution is -2.51. The van der Waals surface area contributed by atoms with Crippen LogP contribution in [0.2, 0.25) is 0 Å². The lowest BCUT2D eigenvalue weighted by Gasteiger charge is -2.34. The number of hydrogen-bond acceptors (Lipinski definition) is 4. The van der Waals surface area contributed by atoms with Crippen LogP contribution < -0.4 is 0 Å². The predicted octanol–water partition coefficient (Wildman–Crippen LogP) is -0.445. The van der Waals surface area contributed by atoms with Crippen molar-refractivity contribution in [3.05, 3.63) is 0 Å². The Balaban J connectivity index is 1.90. The molecule has 0 saturated carbocycles. The SMILES string of the molecule is CC1CCN(CC(=O)N2CCN(C)CC2)C1C(=O)O. The molecule has 1 amide bonds. The number of carbonyl (C=O) groups is 2. The van der Waals surface area contributed by atoms with Crippen molar-refractivity contribution in [2.24, 2.45) is 5.92 Å². The van der Waals surface area contributed by atoms with Crippen LogP contribution in [0.1, 0.15) is 13.3 Å². The molecule has 0 aromatic rings. The average molecular weight is 269 g/mol. The first-order valence-corrected chi connectivity index (χ1v) is 6.92. The Morgan fingerprint density at radius 1 is 1.16 bits per heavy atom. The number of amides is 1. The van der Waals surface area contributed by atoms with Crippen LogP contribution in [-0.2, 0) is 9.59 Å².